The van der Waals surface area contributed by atoms with Crippen LogP contribution in [0.15, 0.2) is 10.6 Å². The first kappa shape index (κ1) is 17.5. The quantitative estimate of drug-likeness (QED) is 0.858. The van der Waals surface area contributed by atoms with Gasteiger partial charge < -0.3 is 19.5 Å². The maximum Gasteiger partial charge on any atom is 0.276 e. The molecule has 2 amide bonds. The van der Waals surface area contributed by atoms with Gasteiger partial charge in [-0.3, -0.25) is 9.59 Å². The minimum atomic E-state index is -0.622. The van der Waals surface area contributed by atoms with Crippen molar-refractivity contribution in [3.8, 4) is 0 Å². The van der Waals surface area contributed by atoms with Crippen LogP contribution in [0.2, 0.25) is 0 Å². The Balaban J connectivity index is 2.26. The van der Waals surface area contributed by atoms with Crippen LogP contribution in [0, 0.1) is 0 Å². The zero-order chi connectivity index (χ0) is 17.0. The minimum absolute atomic E-state index is 0.107. The van der Waals surface area contributed by atoms with E-state index in [0.717, 1.165) is 12.8 Å². The Morgan fingerprint density at radius 1 is 1.52 bits per heavy atom. The third-order valence-electron chi connectivity index (χ3n) is 4.34. The highest BCUT2D eigenvalue weighted by Gasteiger charge is 2.46. The second-order valence-corrected chi connectivity index (χ2v) is 6.34. The topological polar surface area (TPSA) is 84.7 Å². The lowest BCUT2D eigenvalue weighted by molar-refractivity contribution is -0.123. The maximum absolute atomic E-state index is 12.9. The molecule has 23 heavy (non-hydrogen) atoms. The predicted molar refractivity (Wildman–Crippen MR) is 84.2 cm³/mol. The van der Waals surface area contributed by atoms with Gasteiger partial charge in [0.15, 0.2) is 5.69 Å². The number of ether oxygens (including phenoxy) is 1. The van der Waals surface area contributed by atoms with Crippen LogP contribution in [0.25, 0.3) is 0 Å². The van der Waals surface area contributed by atoms with Gasteiger partial charge in [0.1, 0.15) is 5.76 Å². The summed E-state index contributed by atoms with van der Waals surface area (Å²) >= 11 is 0. The number of likely N-dealkylation sites (tertiary alicyclic amines) is 1. The number of carbonyl (C=O) groups excluding carboxylic acids is 2. The number of nitrogens with one attached hydrogen (secondary N) is 1. The summed E-state index contributed by atoms with van der Waals surface area (Å²) in [4.78, 5) is 26.5. The molecule has 7 heteroatoms. The third kappa shape index (κ3) is 3.55. The molecule has 0 spiro atoms. The van der Waals surface area contributed by atoms with E-state index in [2.05, 4.69) is 10.5 Å². The molecule has 1 aromatic heterocycles. The van der Waals surface area contributed by atoms with Crippen LogP contribution in [-0.2, 0) is 9.53 Å². The van der Waals surface area contributed by atoms with Gasteiger partial charge in [0, 0.05) is 32.7 Å². The van der Waals surface area contributed by atoms with Crippen LogP contribution < -0.4 is 5.32 Å². The highest BCUT2D eigenvalue weighted by molar-refractivity contribution is 5.93. The van der Waals surface area contributed by atoms with Crippen molar-refractivity contribution in [3.05, 3.63) is 17.5 Å². The van der Waals surface area contributed by atoms with Gasteiger partial charge >= 0.3 is 0 Å². The second-order valence-electron chi connectivity index (χ2n) is 6.34. The molecule has 0 aliphatic carbocycles. The largest absolute Gasteiger partial charge is 0.382 e. The fraction of sp³-hybridized carbons (Fsp3) is 0.688. The van der Waals surface area contributed by atoms with Crippen molar-refractivity contribution in [2.45, 2.75) is 44.6 Å². The van der Waals surface area contributed by atoms with Crippen molar-refractivity contribution in [2.24, 2.45) is 0 Å². The maximum atomic E-state index is 12.9. The SMILES string of the molecule is CNC(=O)CC1(COC)CCCN1C(=O)c1cc(C(C)C)on1. The summed E-state index contributed by atoms with van der Waals surface area (Å²) in [5, 5.41) is 6.53. The highest BCUT2D eigenvalue weighted by atomic mass is 16.5. The van der Waals surface area contributed by atoms with Gasteiger partial charge in [0.05, 0.1) is 18.6 Å². The Bertz CT molecular complexity index is 569. The van der Waals surface area contributed by atoms with Gasteiger partial charge in [0.2, 0.25) is 5.91 Å². The van der Waals surface area contributed by atoms with E-state index in [1.807, 2.05) is 13.8 Å². The summed E-state index contributed by atoms with van der Waals surface area (Å²) in [5.74, 6) is 0.525. The van der Waals surface area contributed by atoms with E-state index in [1.165, 1.54) is 0 Å². The molecule has 0 saturated carbocycles. The van der Waals surface area contributed by atoms with Crippen LogP contribution >= 0.6 is 0 Å². The van der Waals surface area contributed by atoms with Crippen LogP contribution in [0.4, 0.5) is 0 Å². The Labute approximate surface area is 136 Å². The molecule has 1 aliphatic rings. The molecule has 7 nitrogen and oxygen atoms in total. The third-order valence-corrected chi connectivity index (χ3v) is 4.34. The van der Waals surface area contributed by atoms with Crippen LogP contribution in [0.1, 0.15) is 55.3 Å². The second kappa shape index (κ2) is 7.12. The number of hydrogen-bond acceptors (Lipinski definition) is 5. The molecular weight excluding hydrogens is 298 g/mol. The van der Waals surface area contributed by atoms with Gasteiger partial charge in [-0.05, 0) is 12.8 Å². The summed E-state index contributed by atoms with van der Waals surface area (Å²) < 4.78 is 10.5. The summed E-state index contributed by atoms with van der Waals surface area (Å²) in [7, 11) is 3.18. The smallest absolute Gasteiger partial charge is 0.276 e. The number of aromatic nitrogens is 1. The number of methoxy groups -OCH3 is 1. The van der Waals surface area contributed by atoms with Crippen molar-refractivity contribution in [1.29, 1.82) is 0 Å². The minimum Gasteiger partial charge on any atom is -0.382 e. The molecular formula is C16H25N3O4. The molecule has 1 fully saturated rings. The lowest BCUT2D eigenvalue weighted by Gasteiger charge is -2.37. The van der Waals surface area contributed by atoms with Crippen LogP contribution in [0.5, 0.6) is 0 Å². The number of rotatable bonds is 6. The first-order chi connectivity index (χ1) is 10.9. The molecule has 1 N–H and O–H groups in total. The van der Waals surface area contributed by atoms with E-state index < -0.39 is 5.54 Å². The standard InChI is InChI=1S/C16H25N3O4/c1-11(2)13-8-12(18-23-13)15(21)19-7-5-6-16(19,10-22-4)9-14(20)17-3/h8,11H,5-7,9-10H2,1-4H3,(H,17,20). The van der Waals surface area contributed by atoms with E-state index in [1.54, 1.807) is 25.1 Å². The summed E-state index contributed by atoms with van der Waals surface area (Å²) in [6.07, 6.45) is 1.79. The van der Waals surface area contributed by atoms with Crippen molar-refractivity contribution in [2.75, 3.05) is 27.3 Å². The molecule has 0 aromatic carbocycles. The van der Waals surface area contributed by atoms with Gasteiger partial charge in [0.25, 0.3) is 5.91 Å². The lowest BCUT2D eigenvalue weighted by atomic mass is 9.92. The van der Waals surface area contributed by atoms with E-state index in [0.29, 0.717) is 18.9 Å². The molecule has 0 bridgehead atoms. The number of nitrogens with zero attached hydrogens (tertiary/aromatic N) is 2. The first-order valence-corrected chi connectivity index (χ1v) is 7.91. The van der Waals surface area contributed by atoms with Gasteiger partial charge in [-0.1, -0.05) is 19.0 Å². The summed E-state index contributed by atoms with van der Waals surface area (Å²) in [6.45, 7) is 4.86. The monoisotopic (exact) mass is 323 g/mol. The molecule has 2 rings (SSSR count). The molecule has 128 valence electrons. The van der Waals surface area contributed by atoms with Crippen LogP contribution in [0.3, 0.4) is 0 Å². The van der Waals surface area contributed by atoms with Crippen molar-refractivity contribution < 1.29 is 18.8 Å². The lowest BCUT2D eigenvalue weighted by Crippen LogP contribution is -2.52. The van der Waals surface area contributed by atoms with Gasteiger partial charge in [-0.15, -0.1) is 0 Å². The van der Waals surface area contributed by atoms with Crippen molar-refractivity contribution in [1.82, 2.24) is 15.4 Å². The molecule has 1 atom stereocenters. The van der Waals surface area contributed by atoms with Crippen molar-refractivity contribution >= 4 is 11.8 Å². The summed E-state index contributed by atoms with van der Waals surface area (Å²) in [6, 6.07) is 1.68. The van der Waals surface area contributed by atoms with E-state index in [9.17, 15) is 9.59 Å². The molecule has 1 unspecified atom stereocenters. The number of amides is 2. The van der Waals surface area contributed by atoms with Gasteiger partial charge in [-0.25, -0.2) is 0 Å². The Hall–Kier alpha value is -1.89. The fourth-order valence-corrected chi connectivity index (χ4v) is 3.10. The zero-order valence-corrected chi connectivity index (χ0v) is 14.2. The normalized spacial score (nSPS) is 21.0. The van der Waals surface area contributed by atoms with E-state index in [4.69, 9.17) is 9.26 Å². The molecule has 1 aliphatic heterocycles. The Morgan fingerprint density at radius 2 is 2.26 bits per heavy atom. The molecule has 1 saturated heterocycles. The summed E-state index contributed by atoms with van der Waals surface area (Å²) in [5.41, 5.74) is -0.337. The van der Waals surface area contributed by atoms with Gasteiger partial charge in [-0.2, -0.15) is 0 Å². The average molecular weight is 323 g/mol. The Kier molecular flexibility index (Phi) is 5.41. The zero-order valence-electron chi connectivity index (χ0n) is 14.2. The first-order valence-electron chi connectivity index (χ1n) is 7.91. The van der Waals surface area contributed by atoms with Crippen LogP contribution in [-0.4, -0.2) is 54.7 Å². The van der Waals surface area contributed by atoms with Crippen molar-refractivity contribution in [3.63, 3.8) is 0 Å². The highest BCUT2D eigenvalue weighted by Crippen LogP contribution is 2.34. The molecule has 0 radical (unpaired) electrons. The van der Waals surface area contributed by atoms with E-state index in [-0.39, 0.29) is 29.8 Å². The molecule has 1 aromatic rings. The van der Waals surface area contributed by atoms with E-state index >= 15 is 0 Å². The average Bonchev–Trinajstić information content (AvgIpc) is 3.14. The fourth-order valence-electron chi connectivity index (χ4n) is 3.10. The molecule has 2 heterocycles. The Morgan fingerprint density at radius 3 is 2.83 bits per heavy atom. The predicted octanol–water partition coefficient (Wildman–Crippen LogP) is 1.56. The number of carbonyl (C=O) groups is 2. The number of hydrogen-bond donors (Lipinski definition) is 1.